The minimum atomic E-state index is -0.824. The lowest BCUT2D eigenvalue weighted by Crippen LogP contribution is -2.53. The van der Waals surface area contributed by atoms with Crippen LogP contribution in [0.5, 0.6) is 5.75 Å². The zero-order chi connectivity index (χ0) is 22.6. The normalized spacial score (nSPS) is 18.2. The highest BCUT2D eigenvalue weighted by molar-refractivity contribution is 5.95. The van der Waals surface area contributed by atoms with Gasteiger partial charge in [-0.05, 0) is 66.3 Å². The largest absolute Gasteiger partial charge is 0.497 e. The summed E-state index contributed by atoms with van der Waals surface area (Å²) in [6, 6.07) is 19.0. The van der Waals surface area contributed by atoms with E-state index in [2.05, 4.69) is 4.98 Å². The molecule has 2 heterocycles. The third kappa shape index (κ3) is 4.35. The lowest BCUT2D eigenvalue weighted by atomic mass is 9.73. The standard InChI is InChI=1S/C26H27N3O3/c1-32-22-8-4-7-20(16-22)24(30)29-15-5-12-26(18-29,25(27)31)17-21-6-2-3-9-23(21)19-10-13-28-14-11-19/h2-4,6-11,13-14,16H,5,12,15,17-18H2,1H3,(H2,27,31)/t26-/m1/s1. The van der Waals surface area contributed by atoms with Gasteiger partial charge in [-0.3, -0.25) is 14.6 Å². The van der Waals surface area contributed by atoms with Gasteiger partial charge in [0.05, 0.1) is 12.5 Å². The zero-order valence-electron chi connectivity index (χ0n) is 18.2. The third-order valence-electron chi connectivity index (χ3n) is 6.24. The van der Waals surface area contributed by atoms with Gasteiger partial charge in [0, 0.05) is 31.0 Å². The molecule has 0 radical (unpaired) electrons. The second-order valence-corrected chi connectivity index (χ2v) is 8.28. The topological polar surface area (TPSA) is 85.5 Å². The first-order chi connectivity index (χ1) is 15.5. The predicted molar refractivity (Wildman–Crippen MR) is 123 cm³/mol. The van der Waals surface area contributed by atoms with Crippen molar-refractivity contribution in [2.75, 3.05) is 20.2 Å². The fourth-order valence-corrected chi connectivity index (χ4v) is 4.53. The first-order valence-corrected chi connectivity index (χ1v) is 10.7. The molecule has 0 aliphatic carbocycles. The average molecular weight is 430 g/mol. The Morgan fingerprint density at radius 1 is 1.09 bits per heavy atom. The first-order valence-electron chi connectivity index (χ1n) is 10.7. The van der Waals surface area contributed by atoms with E-state index in [1.54, 1.807) is 48.7 Å². The highest BCUT2D eigenvalue weighted by Crippen LogP contribution is 2.37. The number of carbonyl (C=O) groups excluding carboxylic acids is 2. The van der Waals surface area contributed by atoms with Crippen LogP contribution in [-0.4, -0.2) is 41.9 Å². The van der Waals surface area contributed by atoms with Crippen LogP contribution in [0.1, 0.15) is 28.8 Å². The van der Waals surface area contributed by atoms with Gasteiger partial charge in [0.1, 0.15) is 5.75 Å². The molecular formula is C26H27N3O3. The van der Waals surface area contributed by atoms with E-state index >= 15 is 0 Å². The Labute approximate surface area is 188 Å². The van der Waals surface area contributed by atoms with Crippen LogP contribution >= 0.6 is 0 Å². The van der Waals surface area contributed by atoms with E-state index in [0.29, 0.717) is 37.2 Å². The molecular weight excluding hydrogens is 402 g/mol. The molecule has 4 rings (SSSR count). The molecule has 1 atom stereocenters. The second-order valence-electron chi connectivity index (χ2n) is 8.28. The maximum atomic E-state index is 13.2. The molecule has 2 aromatic carbocycles. The number of nitrogens with two attached hydrogens (primary N) is 1. The van der Waals surface area contributed by atoms with Crippen molar-refractivity contribution in [1.29, 1.82) is 0 Å². The number of primary amides is 1. The van der Waals surface area contributed by atoms with E-state index in [0.717, 1.165) is 23.1 Å². The molecule has 0 bridgehead atoms. The van der Waals surface area contributed by atoms with Crippen LogP contribution in [0, 0.1) is 5.41 Å². The summed E-state index contributed by atoms with van der Waals surface area (Å²) < 4.78 is 5.26. The van der Waals surface area contributed by atoms with Crippen molar-refractivity contribution >= 4 is 11.8 Å². The number of nitrogens with zero attached hydrogens (tertiary/aromatic N) is 2. The fraction of sp³-hybridized carbons (Fsp3) is 0.269. The number of rotatable bonds is 6. The first kappa shape index (κ1) is 21.6. The van der Waals surface area contributed by atoms with Crippen LogP contribution in [0.3, 0.4) is 0 Å². The number of carbonyl (C=O) groups is 2. The summed E-state index contributed by atoms with van der Waals surface area (Å²) in [5.41, 5.74) is 8.82. The second kappa shape index (κ2) is 9.22. The van der Waals surface area contributed by atoms with Gasteiger partial charge in [0.25, 0.3) is 5.91 Å². The van der Waals surface area contributed by atoms with Crippen molar-refractivity contribution in [1.82, 2.24) is 9.88 Å². The molecule has 1 aromatic heterocycles. The number of ether oxygens (including phenoxy) is 1. The highest BCUT2D eigenvalue weighted by atomic mass is 16.5. The molecule has 0 saturated carbocycles. The number of hydrogen-bond donors (Lipinski definition) is 1. The lowest BCUT2D eigenvalue weighted by molar-refractivity contribution is -0.130. The van der Waals surface area contributed by atoms with Crippen LogP contribution in [-0.2, 0) is 11.2 Å². The van der Waals surface area contributed by atoms with E-state index in [1.807, 2.05) is 36.4 Å². The molecule has 1 aliphatic rings. The Hall–Kier alpha value is -3.67. The maximum Gasteiger partial charge on any atom is 0.254 e. The fourth-order valence-electron chi connectivity index (χ4n) is 4.53. The van der Waals surface area contributed by atoms with Gasteiger partial charge in [-0.15, -0.1) is 0 Å². The van der Waals surface area contributed by atoms with Crippen molar-refractivity contribution in [3.63, 3.8) is 0 Å². The molecule has 2 N–H and O–H groups in total. The minimum Gasteiger partial charge on any atom is -0.497 e. The van der Waals surface area contributed by atoms with Crippen LogP contribution in [0.4, 0.5) is 0 Å². The molecule has 0 spiro atoms. The van der Waals surface area contributed by atoms with Gasteiger partial charge in [-0.25, -0.2) is 0 Å². The van der Waals surface area contributed by atoms with E-state index in [-0.39, 0.29) is 11.8 Å². The smallest absolute Gasteiger partial charge is 0.254 e. The van der Waals surface area contributed by atoms with E-state index in [9.17, 15) is 9.59 Å². The third-order valence-corrected chi connectivity index (χ3v) is 6.24. The number of likely N-dealkylation sites (tertiary alicyclic amines) is 1. The molecule has 1 saturated heterocycles. The molecule has 6 heteroatoms. The summed E-state index contributed by atoms with van der Waals surface area (Å²) in [6.45, 7) is 0.889. The molecule has 2 amide bonds. The Kier molecular flexibility index (Phi) is 6.21. The van der Waals surface area contributed by atoms with Gasteiger partial charge >= 0.3 is 0 Å². The number of piperidine rings is 1. The zero-order valence-corrected chi connectivity index (χ0v) is 18.2. The lowest BCUT2D eigenvalue weighted by Gasteiger charge is -2.41. The summed E-state index contributed by atoms with van der Waals surface area (Å²) in [4.78, 5) is 31.9. The Morgan fingerprint density at radius 3 is 2.62 bits per heavy atom. The maximum absolute atomic E-state index is 13.2. The number of methoxy groups -OCH3 is 1. The van der Waals surface area contributed by atoms with E-state index in [1.165, 1.54) is 0 Å². The van der Waals surface area contributed by atoms with E-state index < -0.39 is 5.41 Å². The number of benzene rings is 2. The quantitative estimate of drug-likeness (QED) is 0.647. The highest BCUT2D eigenvalue weighted by Gasteiger charge is 2.42. The summed E-state index contributed by atoms with van der Waals surface area (Å²) in [7, 11) is 1.57. The summed E-state index contributed by atoms with van der Waals surface area (Å²) >= 11 is 0. The minimum absolute atomic E-state index is 0.114. The Bertz CT molecular complexity index is 1120. The number of pyridine rings is 1. The Morgan fingerprint density at radius 2 is 1.88 bits per heavy atom. The van der Waals surface area contributed by atoms with Crippen LogP contribution in [0.25, 0.3) is 11.1 Å². The number of amides is 2. The molecule has 6 nitrogen and oxygen atoms in total. The van der Waals surface area contributed by atoms with Gasteiger partial charge in [0.2, 0.25) is 5.91 Å². The summed E-state index contributed by atoms with van der Waals surface area (Å²) in [6.07, 6.45) is 5.35. The summed E-state index contributed by atoms with van der Waals surface area (Å²) in [5.74, 6) is 0.141. The van der Waals surface area contributed by atoms with Crippen molar-refractivity contribution < 1.29 is 14.3 Å². The van der Waals surface area contributed by atoms with Gasteiger partial charge < -0.3 is 15.4 Å². The van der Waals surface area contributed by atoms with Crippen molar-refractivity contribution in [2.24, 2.45) is 11.1 Å². The monoisotopic (exact) mass is 429 g/mol. The van der Waals surface area contributed by atoms with Gasteiger partial charge in [-0.1, -0.05) is 30.3 Å². The molecule has 1 aliphatic heterocycles. The van der Waals surface area contributed by atoms with Crippen molar-refractivity contribution in [3.8, 4) is 16.9 Å². The molecule has 0 unspecified atom stereocenters. The van der Waals surface area contributed by atoms with Crippen LogP contribution < -0.4 is 10.5 Å². The Balaban J connectivity index is 1.63. The van der Waals surface area contributed by atoms with Gasteiger partial charge in [0.15, 0.2) is 0 Å². The van der Waals surface area contributed by atoms with Crippen molar-refractivity contribution in [2.45, 2.75) is 19.3 Å². The molecule has 3 aromatic rings. The molecule has 32 heavy (non-hydrogen) atoms. The van der Waals surface area contributed by atoms with Gasteiger partial charge in [-0.2, -0.15) is 0 Å². The number of hydrogen-bond acceptors (Lipinski definition) is 4. The summed E-state index contributed by atoms with van der Waals surface area (Å²) in [5, 5.41) is 0. The predicted octanol–water partition coefficient (Wildman–Crippen LogP) is 3.71. The van der Waals surface area contributed by atoms with Crippen LogP contribution in [0.15, 0.2) is 73.1 Å². The average Bonchev–Trinajstić information content (AvgIpc) is 2.84. The van der Waals surface area contributed by atoms with Crippen molar-refractivity contribution in [3.05, 3.63) is 84.2 Å². The van der Waals surface area contributed by atoms with Crippen LogP contribution in [0.2, 0.25) is 0 Å². The molecule has 164 valence electrons. The number of aromatic nitrogens is 1. The van der Waals surface area contributed by atoms with E-state index in [4.69, 9.17) is 10.5 Å². The molecule has 1 fully saturated rings. The SMILES string of the molecule is COc1cccc(C(=O)N2CCC[C@](Cc3ccccc3-c3ccncc3)(C(N)=O)C2)c1.